The number of morpholine rings is 1. The first-order valence-electron chi connectivity index (χ1n) is 9.23. The number of hydrogen-bond donors (Lipinski definition) is 1. The Labute approximate surface area is 163 Å². The van der Waals surface area contributed by atoms with Crippen molar-refractivity contribution in [3.05, 3.63) is 21.4 Å². The van der Waals surface area contributed by atoms with E-state index in [2.05, 4.69) is 51.5 Å². The molecule has 3 rings (SSSR count). The van der Waals surface area contributed by atoms with Gasteiger partial charge in [-0.05, 0) is 38.1 Å². The molecule has 148 valence electrons. The van der Waals surface area contributed by atoms with Crippen molar-refractivity contribution in [3.63, 3.8) is 0 Å². The van der Waals surface area contributed by atoms with Crippen molar-refractivity contribution in [2.45, 2.75) is 59.4 Å². The van der Waals surface area contributed by atoms with Crippen LogP contribution in [0.4, 0.5) is 0 Å². The Morgan fingerprint density at radius 3 is 2.70 bits per heavy atom. The highest BCUT2D eigenvalue weighted by molar-refractivity contribution is 7.11. The summed E-state index contributed by atoms with van der Waals surface area (Å²) in [5, 5.41) is 15.8. The third-order valence-corrected chi connectivity index (χ3v) is 5.63. The van der Waals surface area contributed by atoms with Gasteiger partial charge in [-0.3, -0.25) is 9.69 Å². The maximum absolute atomic E-state index is 12.2. The zero-order chi connectivity index (χ0) is 19.4. The molecule has 1 aliphatic heterocycles. The van der Waals surface area contributed by atoms with Gasteiger partial charge in [0.05, 0.1) is 29.5 Å². The molecule has 1 N–H and O–H groups in total. The Hall–Kier alpha value is -1.91. The van der Waals surface area contributed by atoms with E-state index in [1.807, 2.05) is 6.92 Å². The van der Waals surface area contributed by atoms with E-state index in [9.17, 15) is 4.79 Å². The Morgan fingerprint density at radius 2 is 2.04 bits per heavy atom. The first-order chi connectivity index (χ1) is 12.9. The fraction of sp³-hybridized carbons (Fsp3) is 0.706. The zero-order valence-corrected chi connectivity index (χ0v) is 17.1. The van der Waals surface area contributed by atoms with E-state index in [1.54, 1.807) is 16.0 Å². The second-order valence-electron chi connectivity index (χ2n) is 7.05. The Bertz CT molecular complexity index is 746. The molecular weight excluding hydrogens is 366 g/mol. The van der Waals surface area contributed by atoms with Gasteiger partial charge in [0.2, 0.25) is 5.91 Å². The third kappa shape index (κ3) is 5.53. The number of carbonyl (C=O) groups excluding carboxylic acids is 1. The number of rotatable bonds is 7. The molecule has 1 amide bonds. The zero-order valence-electron chi connectivity index (χ0n) is 16.3. The smallest absolute Gasteiger partial charge is 0.241 e. The lowest BCUT2D eigenvalue weighted by Crippen LogP contribution is -2.45. The molecule has 0 unspecified atom stereocenters. The van der Waals surface area contributed by atoms with Gasteiger partial charge in [-0.25, -0.2) is 9.67 Å². The molecule has 10 heteroatoms. The van der Waals surface area contributed by atoms with Crippen molar-refractivity contribution in [2.75, 3.05) is 19.6 Å². The van der Waals surface area contributed by atoms with E-state index in [4.69, 9.17) is 4.74 Å². The van der Waals surface area contributed by atoms with Crippen LogP contribution in [0, 0.1) is 13.8 Å². The second kappa shape index (κ2) is 8.85. The van der Waals surface area contributed by atoms with Crippen molar-refractivity contribution in [1.29, 1.82) is 0 Å². The summed E-state index contributed by atoms with van der Waals surface area (Å²) >= 11 is 1.68. The molecule has 1 aliphatic rings. The molecule has 2 aromatic rings. The molecule has 0 radical (unpaired) electrons. The van der Waals surface area contributed by atoms with Crippen LogP contribution < -0.4 is 5.32 Å². The molecule has 2 aromatic heterocycles. The molecule has 0 aromatic carbocycles. The van der Waals surface area contributed by atoms with Gasteiger partial charge in [0, 0.05) is 30.9 Å². The molecule has 0 aliphatic carbocycles. The highest BCUT2D eigenvalue weighted by Gasteiger charge is 2.24. The molecule has 1 saturated heterocycles. The van der Waals surface area contributed by atoms with Crippen molar-refractivity contribution in [2.24, 2.45) is 0 Å². The van der Waals surface area contributed by atoms with E-state index in [0.717, 1.165) is 30.2 Å². The van der Waals surface area contributed by atoms with Gasteiger partial charge in [0.1, 0.15) is 6.54 Å². The lowest BCUT2D eigenvalue weighted by Gasteiger charge is -2.34. The summed E-state index contributed by atoms with van der Waals surface area (Å²) in [5.41, 5.74) is 1.06. The third-order valence-electron chi connectivity index (χ3n) is 4.49. The summed E-state index contributed by atoms with van der Waals surface area (Å²) in [6, 6.07) is 0. The molecule has 3 heterocycles. The summed E-state index contributed by atoms with van der Waals surface area (Å²) in [4.78, 5) is 20.2. The maximum atomic E-state index is 12.2. The van der Waals surface area contributed by atoms with Crippen LogP contribution in [0.1, 0.15) is 35.3 Å². The fourth-order valence-corrected chi connectivity index (χ4v) is 4.15. The van der Waals surface area contributed by atoms with Crippen molar-refractivity contribution >= 4 is 17.2 Å². The minimum Gasteiger partial charge on any atom is -0.373 e. The quantitative estimate of drug-likeness (QED) is 0.740. The van der Waals surface area contributed by atoms with Crippen LogP contribution in [0.2, 0.25) is 0 Å². The average Bonchev–Trinajstić information content (AvgIpc) is 3.13. The van der Waals surface area contributed by atoms with Gasteiger partial charge in [0.15, 0.2) is 5.82 Å². The molecule has 0 saturated carbocycles. The van der Waals surface area contributed by atoms with Crippen molar-refractivity contribution in [3.8, 4) is 0 Å². The number of nitrogens with zero attached hydrogens (tertiary/aromatic N) is 6. The molecule has 0 spiro atoms. The summed E-state index contributed by atoms with van der Waals surface area (Å²) in [6.07, 6.45) is 1.09. The van der Waals surface area contributed by atoms with Crippen molar-refractivity contribution in [1.82, 2.24) is 35.4 Å². The number of tetrazole rings is 1. The molecule has 1 fully saturated rings. The lowest BCUT2D eigenvalue weighted by atomic mass is 10.2. The van der Waals surface area contributed by atoms with Crippen LogP contribution in [0.15, 0.2) is 0 Å². The van der Waals surface area contributed by atoms with E-state index < -0.39 is 0 Å². The normalized spacial score (nSPS) is 20.7. The summed E-state index contributed by atoms with van der Waals surface area (Å²) in [7, 11) is 0. The number of thiazole rings is 1. The number of amides is 1. The predicted octanol–water partition coefficient (Wildman–Crippen LogP) is 0.715. The SMILES string of the molecule is Cc1nc(CCNC(=O)Cn2nnnc2CN2C[C@@H](C)O[C@@H](C)C2)sc1C. The first-order valence-corrected chi connectivity index (χ1v) is 10.0. The Balaban J connectivity index is 1.48. The largest absolute Gasteiger partial charge is 0.373 e. The number of aryl methyl sites for hydroxylation is 2. The van der Waals surface area contributed by atoms with Gasteiger partial charge in [-0.2, -0.15) is 0 Å². The highest BCUT2D eigenvalue weighted by atomic mass is 32.1. The maximum Gasteiger partial charge on any atom is 0.241 e. The van der Waals surface area contributed by atoms with Crippen LogP contribution in [0.25, 0.3) is 0 Å². The van der Waals surface area contributed by atoms with Crippen LogP contribution in [0.5, 0.6) is 0 Å². The summed E-state index contributed by atoms with van der Waals surface area (Å²) in [5.74, 6) is 0.592. The second-order valence-corrected chi connectivity index (χ2v) is 8.34. The Morgan fingerprint density at radius 1 is 1.30 bits per heavy atom. The van der Waals surface area contributed by atoms with Crippen LogP contribution in [0.3, 0.4) is 0 Å². The van der Waals surface area contributed by atoms with Crippen LogP contribution in [-0.4, -0.2) is 67.8 Å². The number of carbonyl (C=O) groups is 1. The Kier molecular flexibility index (Phi) is 6.51. The minimum atomic E-state index is -0.0998. The van der Waals surface area contributed by atoms with Crippen molar-refractivity contribution < 1.29 is 9.53 Å². The fourth-order valence-electron chi connectivity index (χ4n) is 3.22. The van der Waals surface area contributed by atoms with Gasteiger partial charge >= 0.3 is 0 Å². The standard InChI is InChI=1S/C17H27N7O2S/c1-11-7-23(8-12(2)26-11)9-15-20-21-22-24(15)10-16(25)18-6-5-17-19-13(3)14(4)27-17/h11-12H,5-10H2,1-4H3,(H,18,25)/t11-,12+. The number of aromatic nitrogens is 5. The molecular formula is C17H27N7O2S. The minimum absolute atomic E-state index is 0.0998. The monoisotopic (exact) mass is 393 g/mol. The predicted molar refractivity (Wildman–Crippen MR) is 101 cm³/mol. The van der Waals surface area contributed by atoms with Gasteiger partial charge in [-0.15, -0.1) is 16.4 Å². The summed E-state index contributed by atoms with van der Waals surface area (Å²) < 4.78 is 7.32. The summed E-state index contributed by atoms with van der Waals surface area (Å²) in [6.45, 7) is 11.1. The van der Waals surface area contributed by atoms with E-state index >= 15 is 0 Å². The van der Waals surface area contributed by atoms with E-state index in [0.29, 0.717) is 18.9 Å². The van der Waals surface area contributed by atoms with Crippen LogP contribution >= 0.6 is 11.3 Å². The molecule has 2 atom stereocenters. The van der Waals surface area contributed by atoms with E-state index in [1.165, 1.54) is 4.88 Å². The highest BCUT2D eigenvalue weighted by Crippen LogP contribution is 2.16. The molecule has 0 bridgehead atoms. The molecule has 27 heavy (non-hydrogen) atoms. The first kappa shape index (κ1) is 19.8. The van der Waals surface area contributed by atoms with Gasteiger partial charge in [-0.1, -0.05) is 0 Å². The van der Waals surface area contributed by atoms with Gasteiger partial charge < -0.3 is 10.1 Å². The van der Waals surface area contributed by atoms with Crippen LogP contribution in [-0.2, 0) is 29.0 Å². The number of hydrogen-bond acceptors (Lipinski definition) is 8. The number of nitrogens with one attached hydrogen (secondary N) is 1. The molecule has 9 nitrogen and oxygen atoms in total. The van der Waals surface area contributed by atoms with Gasteiger partial charge in [0.25, 0.3) is 0 Å². The average molecular weight is 394 g/mol. The lowest BCUT2D eigenvalue weighted by molar-refractivity contribution is -0.121. The number of ether oxygens (including phenoxy) is 1. The topological polar surface area (TPSA) is 98.1 Å². The van der Waals surface area contributed by atoms with E-state index in [-0.39, 0.29) is 24.7 Å².